The molecule has 11 aromatic heterocycles. The van der Waals surface area contributed by atoms with Gasteiger partial charge >= 0.3 is 0 Å². The number of carbonyl (C=O) groups is 1. The van der Waals surface area contributed by atoms with Crippen molar-refractivity contribution in [2.45, 2.75) is 0 Å². The molecule has 0 fully saturated rings. The van der Waals surface area contributed by atoms with E-state index in [0.29, 0.717) is 33.4 Å². The molecular formula is C52H31FN12O. The van der Waals surface area contributed by atoms with Gasteiger partial charge in [0.1, 0.15) is 0 Å². The third-order valence-corrected chi connectivity index (χ3v) is 12.5. The van der Waals surface area contributed by atoms with Crippen LogP contribution < -0.4 is 5.73 Å². The molecule has 11 heterocycles. The van der Waals surface area contributed by atoms with E-state index in [2.05, 4.69) is 54.7 Å². The second-order valence-electron chi connectivity index (χ2n) is 16.0. The summed E-state index contributed by atoms with van der Waals surface area (Å²) in [6.07, 6.45) is 27.4. The zero-order valence-electron chi connectivity index (χ0n) is 34.5. The number of rotatable bonds is 7. The van der Waals surface area contributed by atoms with Gasteiger partial charge in [0.2, 0.25) is 0 Å². The van der Waals surface area contributed by atoms with E-state index >= 15 is 9.18 Å². The van der Waals surface area contributed by atoms with Crippen LogP contribution in [0.1, 0.15) is 21.6 Å². The maximum absolute atomic E-state index is 16.4. The molecule has 2 N–H and O–H groups in total. The van der Waals surface area contributed by atoms with E-state index in [0.717, 1.165) is 76.8 Å². The topological polar surface area (TPSA) is 153 Å². The molecule has 0 aliphatic heterocycles. The highest BCUT2D eigenvalue weighted by Gasteiger charge is 2.24. The summed E-state index contributed by atoms with van der Waals surface area (Å²) >= 11 is 0. The Balaban J connectivity index is 1.12. The SMILES string of the molecule is N/C=C\c1c(F)c2cnccc2n1-c1cc(C(=O)c2cc(-n3c4ccncc4c4cnccc43)cc(-n3c4ccncc4c4cnccc43)c2)cc(-n2c3ccncc3c3cnccc32)c1. The number of halogens is 1. The zero-order chi connectivity index (χ0) is 44.0. The molecule has 0 aliphatic carbocycles. The first kappa shape index (κ1) is 37.2. The van der Waals surface area contributed by atoms with Gasteiger partial charge in [-0.15, -0.1) is 0 Å². The molecule has 0 saturated carbocycles. The van der Waals surface area contributed by atoms with E-state index in [4.69, 9.17) is 5.73 Å². The first-order valence-electron chi connectivity index (χ1n) is 21.0. The Labute approximate surface area is 372 Å². The maximum atomic E-state index is 16.4. The molecule has 0 aliphatic rings. The monoisotopic (exact) mass is 858 g/mol. The van der Waals surface area contributed by atoms with Crippen molar-refractivity contribution in [1.29, 1.82) is 0 Å². The molecule has 0 unspecified atom stereocenters. The van der Waals surface area contributed by atoms with Gasteiger partial charge in [-0.25, -0.2) is 4.39 Å². The molecule has 14 heteroatoms. The second-order valence-corrected chi connectivity index (χ2v) is 16.0. The molecule has 0 saturated heterocycles. The molecule has 66 heavy (non-hydrogen) atoms. The van der Waals surface area contributed by atoms with E-state index in [1.54, 1.807) is 60.1 Å². The molecule has 0 radical (unpaired) electrons. The van der Waals surface area contributed by atoms with Gasteiger partial charge in [-0.1, -0.05) is 0 Å². The molecule has 13 aromatic rings. The van der Waals surface area contributed by atoms with Gasteiger partial charge in [-0.05, 0) is 91.1 Å². The van der Waals surface area contributed by atoms with Crippen LogP contribution in [0.5, 0.6) is 0 Å². The van der Waals surface area contributed by atoms with Crippen molar-refractivity contribution >= 4 is 88.2 Å². The maximum Gasteiger partial charge on any atom is 0.193 e. The van der Waals surface area contributed by atoms with Gasteiger partial charge in [0.15, 0.2) is 11.6 Å². The first-order chi connectivity index (χ1) is 32.6. The van der Waals surface area contributed by atoms with Crippen molar-refractivity contribution in [3.63, 3.8) is 0 Å². The van der Waals surface area contributed by atoms with Crippen molar-refractivity contribution in [2.75, 3.05) is 0 Å². The lowest BCUT2D eigenvalue weighted by Gasteiger charge is -2.17. The van der Waals surface area contributed by atoms with Crippen molar-refractivity contribution in [1.82, 2.24) is 53.2 Å². The zero-order valence-corrected chi connectivity index (χ0v) is 34.5. The number of hydrogen-bond donors (Lipinski definition) is 1. The van der Waals surface area contributed by atoms with Crippen molar-refractivity contribution in [3.8, 4) is 22.7 Å². The molecule has 2 aromatic carbocycles. The second kappa shape index (κ2) is 14.3. The average molecular weight is 859 g/mol. The predicted octanol–water partition coefficient (Wildman–Crippen LogP) is 9.99. The number of fused-ring (bicyclic) bond motifs is 10. The van der Waals surface area contributed by atoms with Crippen molar-refractivity contribution in [2.24, 2.45) is 5.73 Å². The minimum atomic E-state index is -0.488. The van der Waals surface area contributed by atoms with Gasteiger partial charge in [-0.2, -0.15) is 0 Å². The lowest BCUT2D eigenvalue weighted by molar-refractivity contribution is 0.103. The quantitative estimate of drug-likeness (QED) is 0.154. The molecule has 0 spiro atoms. The highest BCUT2D eigenvalue weighted by atomic mass is 19.1. The van der Waals surface area contributed by atoms with Crippen molar-refractivity contribution in [3.05, 3.63) is 194 Å². The van der Waals surface area contributed by atoms with Crippen LogP contribution in [0.3, 0.4) is 0 Å². The van der Waals surface area contributed by atoms with E-state index in [1.165, 1.54) is 18.5 Å². The van der Waals surface area contributed by atoms with E-state index in [9.17, 15) is 0 Å². The highest BCUT2D eigenvalue weighted by molar-refractivity contribution is 6.14. The lowest BCUT2D eigenvalue weighted by Crippen LogP contribution is -2.09. The fourth-order valence-electron chi connectivity index (χ4n) is 9.73. The predicted molar refractivity (Wildman–Crippen MR) is 254 cm³/mol. The van der Waals surface area contributed by atoms with Gasteiger partial charge in [-0.3, -0.25) is 39.7 Å². The first-order valence-corrected chi connectivity index (χ1v) is 21.0. The normalized spacial score (nSPS) is 12.1. The Hall–Kier alpha value is -9.43. The summed E-state index contributed by atoms with van der Waals surface area (Å²) in [4.78, 5) is 46.8. The number of aromatic nitrogens is 11. The van der Waals surface area contributed by atoms with Gasteiger partial charge in [0.25, 0.3) is 0 Å². The van der Waals surface area contributed by atoms with Gasteiger partial charge in [0.05, 0.1) is 49.7 Å². The van der Waals surface area contributed by atoms with Crippen LogP contribution in [0.2, 0.25) is 0 Å². The molecule has 0 atom stereocenters. The average Bonchev–Trinajstić information content (AvgIpc) is 4.09. The van der Waals surface area contributed by atoms with Crippen LogP contribution in [-0.4, -0.2) is 58.9 Å². The number of carbonyl (C=O) groups excluding carboxylic acids is 1. The summed E-state index contributed by atoms with van der Waals surface area (Å²) in [5.74, 6) is -0.759. The Morgan fingerprint density at radius 1 is 0.409 bits per heavy atom. The highest BCUT2D eigenvalue weighted by Crippen LogP contribution is 2.38. The standard InChI is InChI=1S/C52H31FN12O/c53-51-42-29-61-16-8-49(42)65(50(51)1-9-54)35-20-31(19-34(22-35)64-47-6-14-59-27-40(47)41-28-60-15-7-48(41)64)52(66)30-17-32(62-43-2-10-55-23-36(43)37-24-56-11-3-44(37)62)21-33(18-30)63-45-4-12-57-25-38(45)39-26-58-13-5-46(39)63/h1-29H,54H2/b9-1-. The lowest BCUT2D eigenvalue weighted by atomic mass is 10.00. The van der Waals surface area contributed by atoms with Crippen LogP contribution in [0, 0.1) is 5.82 Å². The smallest absolute Gasteiger partial charge is 0.193 e. The Morgan fingerprint density at radius 3 is 0.985 bits per heavy atom. The summed E-state index contributed by atoms with van der Waals surface area (Å²) < 4.78 is 24.5. The number of nitrogens with two attached hydrogens (primary N) is 1. The third-order valence-electron chi connectivity index (χ3n) is 12.5. The van der Waals surface area contributed by atoms with E-state index in [-0.39, 0.29) is 11.5 Å². The fraction of sp³-hybridized carbons (Fsp3) is 0. The third kappa shape index (κ3) is 5.38. The summed E-state index contributed by atoms with van der Waals surface area (Å²) in [5, 5.41) is 5.77. The van der Waals surface area contributed by atoms with Gasteiger partial charge < -0.3 is 24.0 Å². The molecule has 13 nitrogen and oxygen atoms in total. The van der Waals surface area contributed by atoms with Crippen LogP contribution in [0.25, 0.3) is 105 Å². The minimum absolute atomic E-state index is 0.210. The van der Waals surface area contributed by atoms with Crippen molar-refractivity contribution < 1.29 is 9.18 Å². The number of pyridine rings is 7. The molecule has 13 rings (SSSR count). The molecule has 312 valence electrons. The van der Waals surface area contributed by atoms with E-state index in [1.807, 2.05) is 97.8 Å². The van der Waals surface area contributed by atoms with Crippen LogP contribution >= 0.6 is 0 Å². The minimum Gasteiger partial charge on any atom is -0.405 e. The Kier molecular flexibility index (Phi) is 8.05. The van der Waals surface area contributed by atoms with Gasteiger partial charge in [0, 0.05) is 153 Å². The van der Waals surface area contributed by atoms with Crippen LogP contribution in [0.4, 0.5) is 4.39 Å². The summed E-state index contributed by atoms with van der Waals surface area (Å²) in [6, 6.07) is 25.1. The number of benzene rings is 2. The fourth-order valence-corrected chi connectivity index (χ4v) is 9.73. The Bertz CT molecular complexity index is 3910. The molecular weight excluding hydrogens is 828 g/mol. The molecule has 0 amide bonds. The Morgan fingerprint density at radius 2 is 0.682 bits per heavy atom. The molecule has 0 bridgehead atoms. The summed E-state index contributed by atoms with van der Waals surface area (Å²) in [5.41, 5.74) is 15.5. The van der Waals surface area contributed by atoms with E-state index < -0.39 is 5.82 Å². The number of nitrogens with zero attached hydrogens (tertiary/aromatic N) is 11. The van der Waals surface area contributed by atoms with Crippen LogP contribution in [0.15, 0.2) is 172 Å². The summed E-state index contributed by atoms with van der Waals surface area (Å²) in [7, 11) is 0. The number of ketones is 1. The van der Waals surface area contributed by atoms with Crippen LogP contribution in [-0.2, 0) is 0 Å². The summed E-state index contributed by atoms with van der Waals surface area (Å²) in [6.45, 7) is 0. The number of hydrogen-bond acceptors (Lipinski definition) is 9. The largest absolute Gasteiger partial charge is 0.405 e.